The number of ether oxygens (including phenoxy) is 1. The highest BCUT2D eigenvalue weighted by Gasteiger charge is 2.09. The normalized spacial score (nSPS) is 12.2. The molecule has 0 aliphatic carbocycles. The second-order valence-corrected chi connectivity index (χ2v) is 5.29. The van der Waals surface area contributed by atoms with E-state index in [9.17, 15) is 4.79 Å². The molecule has 106 valence electrons. The number of benzene rings is 1. The van der Waals surface area contributed by atoms with Gasteiger partial charge in [0.2, 0.25) is 0 Å². The van der Waals surface area contributed by atoms with Crippen LogP contribution in [0.2, 0.25) is 0 Å². The van der Waals surface area contributed by atoms with E-state index < -0.39 is 0 Å². The molecule has 0 saturated heterocycles. The van der Waals surface area contributed by atoms with Crippen molar-refractivity contribution in [3.8, 4) is 0 Å². The minimum atomic E-state index is -0.111. The molecule has 1 aromatic rings. The fraction of sp³-hybridized carbons (Fsp3) is 0.533. The Kier molecular flexibility index (Phi) is 7.75. The summed E-state index contributed by atoms with van der Waals surface area (Å²) in [6.45, 7) is 5.27. The van der Waals surface area contributed by atoms with Crippen molar-refractivity contribution < 1.29 is 9.53 Å². The SMILES string of the molecule is CCOC(=O)CCCNC(CC)c1cccc(Br)c1. The lowest BCUT2D eigenvalue weighted by Gasteiger charge is -2.17. The number of esters is 1. The van der Waals surface area contributed by atoms with Crippen LogP contribution in [0.5, 0.6) is 0 Å². The third kappa shape index (κ3) is 6.21. The summed E-state index contributed by atoms with van der Waals surface area (Å²) in [5.41, 5.74) is 1.27. The molecule has 4 heteroatoms. The maximum Gasteiger partial charge on any atom is 0.305 e. The number of hydrogen-bond donors (Lipinski definition) is 1. The molecule has 0 amide bonds. The molecule has 0 aliphatic heterocycles. The van der Waals surface area contributed by atoms with Crippen LogP contribution in [0.15, 0.2) is 28.7 Å². The van der Waals surface area contributed by atoms with E-state index in [0.717, 1.165) is 23.9 Å². The van der Waals surface area contributed by atoms with E-state index in [1.807, 2.05) is 19.1 Å². The quantitative estimate of drug-likeness (QED) is 0.582. The number of carbonyl (C=O) groups is 1. The Morgan fingerprint density at radius 3 is 2.84 bits per heavy atom. The van der Waals surface area contributed by atoms with Crippen LogP contribution in [0.25, 0.3) is 0 Å². The van der Waals surface area contributed by atoms with Crippen LogP contribution in [0.3, 0.4) is 0 Å². The monoisotopic (exact) mass is 327 g/mol. The molecule has 0 saturated carbocycles. The van der Waals surface area contributed by atoms with Crippen molar-refractivity contribution in [2.75, 3.05) is 13.2 Å². The minimum Gasteiger partial charge on any atom is -0.466 e. The number of hydrogen-bond acceptors (Lipinski definition) is 3. The lowest BCUT2D eigenvalue weighted by Crippen LogP contribution is -2.22. The molecule has 1 unspecified atom stereocenters. The van der Waals surface area contributed by atoms with Gasteiger partial charge in [0.15, 0.2) is 0 Å². The fourth-order valence-corrected chi connectivity index (χ4v) is 2.38. The first-order valence-electron chi connectivity index (χ1n) is 6.81. The molecule has 0 spiro atoms. The van der Waals surface area contributed by atoms with Gasteiger partial charge >= 0.3 is 5.97 Å². The van der Waals surface area contributed by atoms with Crippen molar-refractivity contribution in [2.45, 2.75) is 39.2 Å². The molecular formula is C15H22BrNO2. The van der Waals surface area contributed by atoms with Crippen molar-refractivity contribution in [1.29, 1.82) is 0 Å². The molecule has 0 aromatic heterocycles. The summed E-state index contributed by atoms with van der Waals surface area (Å²) in [5.74, 6) is -0.111. The summed E-state index contributed by atoms with van der Waals surface area (Å²) in [4.78, 5) is 11.2. The Labute approximate surface area is 123 Å². The molecule has 1 atom stereocenters. The lowest BCUT2D eigenvalue weighted by molar-refractivity contribution is -0.143. The van der Waals surface area contributed by atoms with E-state index in [4.69, 9.17) is 4.74 Å². The zero-order valence-corrected chi connectivity index (χ0v) is 13.2. The summed E-state index contributed by atoms with van der Waals surface area (Å²) in [6.07, 6.45) is 2.31. The predicted octanol–water partition coefficient (Wildman–Crippen LogP) is 3.83. The van der Waals surface area contributed by atoms with E-state index >= 15 is 0 Å². The highest BCUT2D eigenvalue weighted by atomic mass is 79.9. The van der Waals surface area contributed by atoms with Gasteiger partial charge in [-0.25, -0.2) is 0 Å². The van der Waals surface area contributed by atoms with Crippen molar-refractivity contribution in [3.63, 3.8) is 0 Å². The summed E-state index contributed by atoms with van der Waals surface area (Å²) in [6, 6.07) is 8.66. The van der Waals surface area contributed by atoms with Gasteiger partial charge in [-0.1, -0.05) is 35.0 Å². The van der Waals surface area contributed by atoms with Gasteiger partial charge in [0.1, 0.15) is 0 Å². The van der Waals surface area contributed by atoms with Crippen LogP contribution in [0, 0.1) is 0 Å². The largest absolute Gasteiger partial charge is 0.466 e. The predicted molar refractivity (Wildman–Crippen MR) is 81.0 cm³/mol. The molecule has 1 aromatic carbocycles. The molecule has 0 radical (unpaired) electrons. The van der Waals surface area contributed by atoms with Crippen LogP contribution in [-0.4, -0.2) is 19.1 Å². The van der Waals surface area contributed by atoms with Crippen molar-refractivity contribution >= 4 is 21.9 Å². The van der Waals surface area contributed by atoms with Crippen LogP contribution in [0.4, 0.5) is 0 Å². The summed E-state index contributed by atoms with van der Waals surface area (Å²) in [5, 5.41) is 3.48. The first-order chi connectivity index (χ1) is 9.17. The smallest absolute Gasteiger partial charge is 0.305 e. The maximum atomic E-state index is 11.2. The Morgan fingerprint density at radius 2 is 2.21 bits per heavy atom. The molecule has 1 N–H and O–H groups in total. The van der Waals surface area contributed by atoms with Gasteiger partial charge in [-0.2, -0.15) is 0 Å². The standard InChI is InChI=1S/C15H22BrNO2/c1-3-14(12-7-5-8-13(16)11-12)17-10-6-9-15(18)19-4-2/h5,7-8,11,14,17H,3-4,6,9-10H2,1-2H3. The molecule has 0 aliphatic rings. The highest BCUT2D eigenvalue weighted by molar-refractivity contribution is 9.10. The molecule has 1 rings (SSSR count). The topological polar surface area (TPSA) is 38.3 Å². The van der Waals surface area contributed by atoms with E-state index in [1.54, 1.807) is 0 Å². The number of rotatable bonds is 8. The lowest BCUT2D eigenvalue weighted by atomic mass is 10.0. The molecule has 0 fully saturated rings. The fourth-order valence-electron chi connectivity index (χ4n) is 1.96. The maximum absolute atomic E-state index is 11.2. The molecular weight excluding hydrogens is 306 g/mol. The summed E-state index contributed by atoms with van der Waals surface area (Å²) >= 11 is 3.49. The van der Waals surface area contributed by atoms with Gasteiger partial charge in [-0.05, 0) is 44.0 Å². The Hall–Kier alpha value is -0.870. The van der Waals surface area contributed by atoms with Crippen molar-refractivity contribution in [2.24, 2.45) is 0 Å². The zero-order chi connectivity index (χ0) is 14.1. The molecule has 3 nitrogen and oxygen atoms in total. The summed E-state index contributed by atoms with van der Waals surface area (Å²) < 4.78 is 6.00. The molecule has 0 heterocycles. The first kappa shape index (κ1) is 16.2. The van der Waals surface area contributed by atoms with Gasteiger partial charge in [0, 0.05) is 16.9 Å². The number of halogens is 1. The number of nitrogens with one attached hydrogen (secondary N) is 1. The third-order valence-electron chi connectivity index (χ3n) is 2.91. The Bertz CT molecular complexity index is 395. The van der Waals surface area contributed by atoms with Crippen LogP contribution < -0.4 is 5.32 Å². The van der Waals surface area contributed by atoms with Gasteiger partial charge in [-0.15, -0.1) is 0 Å². The highest BCUT2D eigenvalue weighted by Crippen LogP contribution is 2.20. The Balaban J connectivity index is 2.35. The van der Waals surface area contributed by atoms with E-state index in [0.29, 0.717) is 19.1 Å². The van der Waals surface area contributed by atoms with Gasteiger partial charge in [0.25, 0.3) is 0 Å². The van der Waals surface area contributed by atoms with E-state index in [1.165, 1.54) is 5.56 Å². The molecule has 0 bridgehead atoms. The van der Waals surface area contributed by atoms with Gasteiger partial charge in [0.05, 0.1) is 6.61 Å². The van der Waals surface area contributed by atoms with Crippen molar-refractivity contribution in [3.05, 3.63) is 34.3 Å². The first-order valence-corrected chi connectivity index (χ1v) is 7.61. The second-order valence-electron chi connectivity index (χ2n) is 4.38. The third-order valence-corrected chi connectivity index (χ3v) is 3.41. The average Bonchev–Trinajstić information content (AvgIpc) is 2.39. The van der Waals surface area contributed by atoms with Crippen LogP contribution >= 0.6 is 15.9 Å². The second kappa shape index (κ2) is 9.10. The van der Waals surface area contributed by atoms with E-state index in [-0.39, 0.29) is 5.97 Å². The molecule has 19 heavy (non-hydrogen) atoms. The average molecular weight is 328 g/mol. The van der Waals surface area contributed by atoms with E-state index in [2.05, 4.69) is 40.3 Å². The minimum absolute atomic E-state index is 0.111. The van der Waals surface area contributed by atoms with Crippen LogP contribution in [-0.2, 0) is 9.53 Å². The van der Waals surface area contributed by atoms with Crippen molar-refractivity contribution in [1.82, 2.24) is 5.32 Å². The van der Waals surface area contributed by atoms with Gasteiger partial charge < -0.3 is 10.1 Å². The Morgan fingerprint density at radius 1 is 1.42 bits per heavy atom. The zero-order valence-electron chi connectivity index (χ0n) is 11.6. The number of carbonyl (C=O) groups excluding carboxylic acids is 1. The van der Waals surface area contributed by atoms with Gasteiger partial charge in [-0.3, -0.25) is 4.79 Å². The van der Waals surface area contributed by atoms with Crippen LogP contribution in [0.1, 0.15) is 44.7 Å². The summed E-state index contributed by atoms with van der Waals surface area (Å²) in [7, 11) is 0.